The quantitative estimate of drug-likeness (QED) is 0.639. The third-order valence-electron chi connectivity index (χ3n) is 5.08. The second-order valence-corrected chi connectivity index (χ2v) is 7.59. The van der Waals surface area contributed by atoms with Crippen LogP contribution in [0.5, 0.6) is 0 Å². The van der Waals surface area contributed by atoms with Crippen molar-refractivity contribution in [3.63, 3.8) is 0 Å². The molecule has 5 nitrogen and oxygen atoms in total. The first-order valence-electron chi connectivity index (χ1n) is 9.71. The molecule has 0 unspecified atom stereocenters. The molecule has 1 fully saturated rings. The molecule has 0 aliphatic carbocycles. The van der Waals surface area contributed by atoms with Crippen molar-refractivity contribution >= 4 is 45.6 Å². The predicted octanol–water partition coefficient (Wildman–Crippen LogP) is 4.78. The lowest BCUT2D eigenvalue weighted by atomic mass is 10.1. The number of likely N-dealkylation sites (tertiary alicyclic amines) is 1. The van der Waals surface area contributed by atoms with Crippen molar-refractivity contribution in [3.8, 4) is 0 Å². The number of nitrogens with zero attached hydrogens (tertiary/aromatic N) is 1. The predicted molar refractivity (Wildman–Crippen MR) is 118 cm³/mol. The fraction of sp³-hybridized carbons (Fsp3) is 0.217. The zero-order valence-corrected chi connectivity index (χ0v) is 16.7. The molecule has 1 aliphatic heterocycles. The lowest BCUT2D eigenvalue weighted by molar-refractivity contribution is -0.114. The van der Waals surface area contributed by atoms with E-state index in [-0.39, 0.29) is 18.4 Å². The molecule has 0 aromatic heterocycles. The van der Waals surface area contributed by atoms with E-state index in [4.69, 9.17) is 11.6 Å². The molecule has 0 atom stereocenters. The third kappa shape index (κ3) is 4.51. The number of carbonyl (C=O) groups excluding carboxylic acids is 2. The molecule has 3 aromatic rings. The van der Waals surface area contributed by atoms with Crippen molar-refractivity contribution in [2.24, 2.45) is 0 Å². The maximum Gasteiger partial charge on any atom is 0.256 e. The highest BCUT2D eigenvalue weighted by Gasteiger charge is 2.22. The van der Waals surface area contributed by atoms with Crippen LogP contribution in [0.15, 0.2) is 60.7 Å². The van der Waals surface area contributed by atoms with Crippen LogP contribution in [0.1, 0.15) is 23.2 Å². The summed E-state index contributed by atoms with van der Waals surface area (Å²) in [6.45, 7) is 1.56. The zero-order chi connectivity index (χ0) is 20.2. The summed E-state index contributed by atoms with van der Waals surface area (Å²) in [6.07, 6.45) is 2.03. The molecule has 0 radical (unpaired) electrons. The van der Waals surface area contributed by atoms with Gasteiger partial charge >= 0.3 is 0 Å². The van der Waals surface area contributed by atoms with E-state index in [2.05, 4.69) is 10.6 Å². The van der Waals surface area contributed by atoms with E-state index in [9.17, 15) is 9.59 Å². The van der Waals surface area contributed by atoms with Gasteiger partial charge in [0.25, 0.3) is 5.91 Å². The Kier molecular flexibility index (Phi) is 5.67. The molecule has 148 valence electrons. The summed E-state index contributed by atoms with van der Waals surface area (Å²) in [5.41, 5.74) is 1.85. The van der Waals surface area contributed by atoms with Crippen LogP contribution in [-0.4, -0.2) is 36.3 Å². The summed E-state index contributed by atoms with van der Waals surface area (Å²) < 4.78 is 0. The van der Waals surface area contributed by atoms with Gasteiger partial charge in [-0.3, -0.25) is 9.59 Å². The number of fused-ring (bicyclic) bond motifs is 1. The highest BCUT2D eigenvalue weighted by Crippen LogP contribution is 2.24. The molecular weight excluding hydrogens is 386 g/mol. The van der Waals surface area contributed by atoms with E-state index in [1.807, 2.05) is 47.4 Å². The molecule has 4 rings (SSSR count). The molecule has 2 amide bonds. The van der Waals surface area contributed by atoms with Crippen molar-refractivity contribution < 1.29 is 9.59 Å². The number of anilines is 2. The van der Waals surface area contributed by atoms with Gasteiger partial charge in [-0.1, -0.05) is 41.9 Å². The molecule has 3 aromatic carbocycles. The molecule has 6 heteroatoms. The monoisotopic (exact) mass is 407 g/mol. The number of hydrogen-bond donors (Lipinski definition) is 2. The van der Waals surface area contributed by atoms with Gasteiger partial charge < -0.3 is 15.5 Å². The minimum Gasteiger partial charge on any atom is -0.375 e. The minimum atomic E-state index is -0.185. The van der Waals surface area contributed by atoms with Crippen LogP contribution in [-0.2, 0) is 4.79 Å². The first kappa shape index (κ1) is 19.3. The van der Waals surface area contributed by atoms with Gasteiger partial charge in [-0.15, -0.1) is 0 Å². The first-order valence-corrected chi connectivity index (χ1v) is 10.1. The lowest BCUT2D eigenvalue weighted by Gasteiger charge is -2.18. The van der Waals surface area contributed by atoms with Crippen LogP contribution >= 0.6 is 11.6 Å². The Labute approximate surface area is 174 Å². The zero-order valence-electron chi connectivity index (χ0n) is 16.0. The summed E-state index contributed by atoms with van der Waals surface area (Å²) in [5.74, 6) is -0.239. The van der Waals surface area contributed by atoms with E-state index in [0.29, 0.717) is 16.3 Å². The van der Waals surface area contributed by atoms with Crippen LogP contribution in [0.2, 0.25) is 5.02 Å². The minimum absolute atomic E-state index is 0.0503. The van der Waals surface area contributed by atoms with Crippen molar-refractivity contribution in [3.05, 3.63) is 71.2 Å². The van der Waals surface area contributed by atoms with Crippen LogP contribution in [0.25, 0.3) is 10.8 Å². The summed E-state index contributed by atoms with van der Waals surface area (Å²) >= 11 is 6.11. The number of nitrogens with one attached hydrogen (secondary N) is 2. The van der Waals surface area contributed by atoms with Gasteiger partial charge in [-0.25, -0.2) is 0 Å². The number of hydrogen-bond acceptors (Lipinski definition) is 3. The molecule has 1 saturated heterocycles. The number of rotatable bonds is 5. The van der Waals surface area contributed by atoms with Gasteiger partial charge in [0.1, 0.15) is 0 Å². The van der Waals surface area contributed by atoms with Crippen molar-refractivity contribution in [2.75, 3.05) is 30.3 Å². The van der Waals surface area contributed by atoms with Gasteiger partial charge in [0.15, 0.2) is 0 Å². The van der Waals surface area contributed by atoms with Crippen molar-refractivity contribution in [1.29, 1.82) is 0 Å². The molecule has 29 heavy (non-hydrogen) atoms. The van der Waals surface area contributed by atoms with Gasteiger partial charge in [0.2, 0.25) is 5.91 Å². The Morgan fingerprint density at radius 3 is 2.48 bits per heavy atom. The number of halogens is 1. The highest BCUT2D eigenvalue weighted by molar-refractivity contribution is 6.31. The summed E-state index contributed by atoms with van der Waals surface area (Å²) in [5, 5.41) is 8.66. The Balaban J connectivity index is 1.43. The Hall–Kier alpha value is -3.05. The second-order valence-electron chi connectivity index (χ2n) is 7.15. The smallest absolute Gasteiger partial charge is 0.256 e. The summed E-state index contributed by atoms with van der Waals surface area (Å²) in [6, 6.07) is 18.9. The molecule has 1 aliphatic rings. The van der Waals surface area contributed by atoms with Crippen molar-refractivity contribution in [2.45, 2.75) is 12.8 Å². The largest absolute Gasteiger partial charge is 0.375 e. The maximum atomic E-state index is 12.8. The Bertz CT molecular complexity index is 1060. The topological polar surface area (TPSA) is 61.4 Å². The molecule has 0 bridgehead atoms. The Morgan fingerprint density at radius 2 is 1.69 bits per heavy atom. The first-order chi connectivity index (χ1) is 14.1. The summed E-state index contributed by atoms with van der Waals surface area (Å²) in [7, 11) is 0. The van der Waals surface area contributed by atoms with E-state index >= 15 is 0 Å². The second kappa shape index (κ2) is 8.53. The molecule has 1 heterocycles. The van der Waals surface area contributed by atoms with Gasteiger partial charge in [-0.2, -0.15) is 0 Å². The van der Waals surface area contributed by atoms with Crippen LogP contribution in [0.4, 0.5) is 11.4 Å². The van der Waals surface area contributed by atoms with Gasteiger partial charge in [-0.05, 0) is 53.9 Å². The maximum absolute atomic E-state index is 12.8. The number of amides is 2. The number of benzene rings is 3. The fourth-order valence-electron chi connectivity index (χ4n) is 3.59. The Morgan fingerprint density at radius 1 is 0.931 bits per heavy atom. The molecule has 0 spiro atoms. The molecule has 0 saturated carbocycles. The van der Waals surface area contributed by atoms with Crippen LogP contribution in [0.3, 0.4) is 0 Å². The normalized spacial score (nSPS) is 13.5. The molecular formula is C23H22ClN3O2. The number of carbonyl (C=O) groups is 2. The molecule has 2 N–H and O–H groups in total. The average molecular weight is 408 g/mol. The average Bonchev–Trinajstić information content (AvgIpc) is 3.27. The van der Waals surface area contributed by atoms with Crippen LogP contribution < -0.4 is 10.6 Å². The SMILES string of the molecule is O=C(CNc1ccc(Cl)cc1C(=O)N1CCCC1)Nc1ccc2ccccc2c1. The van der Waals surface area contributed by atoms with E-state index in [1.165, 1.54) is 0 Å². The standard InChI is InChI=1S/C23H22ClN3O2/c24-18-8-10-21(20(14-18)23(29)27-11-3-4-12-27)25-15-22(28)26-19-9-7-16-5-1-2-6-17(16)13-19/h1-2,5-10,13-14,25H,3-4,11-12,15H2,(H,26,28). The van der Waals surface area contributed by atoms with Gasteiger partial charge in [0.05, 0.1) is 12.1 Å². The lowest BCUT2D eigenvalue weighted by Crippen LogP contribution is -2.29. The van der Waals surface area contributed by atoms with Crippen molar-refractivity contribution in [1.82, 2.24) is 4.90 Å². The third-order valence-corrected chi connectivity index (χ3v) is 5.31. The van der Waals surface area contributed by atoms with Crippen LogP contribution in [0, 0.1) is 0 Å². The van der Waals surface area contributed by atoms with E-state index in [1.54, 1.807) is 18.2 Å². The highest BCUT2D eigenvalue weighted by atomic mass is 35.5. The van der Waals surface area contributed by atoms with Gasteiger partial charge in [0, 0.05) is 29.5 Å². The fourth-order valence-corrected chi connectivity index (χ4v) is 3.76. The summed E-state index contributed by atoms with van der Waals surface area (Å²) in [4.78, 5) is 27.1. The van der Waals surface area contributed by atoms with E-state index in [0.717, 1.165) is 42.4 Å². The van der Waals surface area contributed by atoms with E-state index < -0.39 is 0 Å².